The summed E-state index contributed by atoms with van der Waals surface area (Å²) in [5.41, 5.74) is 7.12. The van der Waals surface area contributed by atoms with Crippen LogP contribution in [-0.4, -0.2) is 5.11 Å². The van der Waals surface area contributed by atoms with Gasteiger partial charge in [-0.2, -0.15) is 5.26 Å². The van der Waals surface area contributed by atoms with Crippen LogP contribution in [0.1, 0.15) is 37.4 Å². The Morgan fingerprint density at radius 3 is 2.62 bits per heavy atom. The summed E-state index contributed by atoms with van der Waals surface area (Å²) in [4.78, 5) is 0. The third kappa shape index (κ3) is 2.97. The molecule has 0 unspecified atom stereocenters. The molecule has 1 aromatic carbocycles. The van der Waals surface area contributed by atoms with E-state index < -0.39 is 0 Å². The molecule has 0 fully saturated rings. The molecule has 0 aliphatic rings. The SMILES string of the molecule is CC(C)C[C@@H](N)c1cc(C#N)cc(Br)c1O. The van der Waals surface area contributed by atoms with E-state index in [1.807, 2.05) is 6.07 Å². The van der Waals surface area contributed by atoms with Gasteiger partial charge in [0.1, 0.15) is 5.75 Å². The molecule has 0 aliphatic carbocycles. The topological polar surface area (TPSA) is 70.0 Å². The van der Waals surface area contributed by atoms with Crippen LogP contribution in [0, 0.1) is 17.2 Å². The minimum absolute atomic E-state index is 0.132. The monoisotopic (exact) mass is 282 g/mol. The summed E-state index contributed by atoms with van der Waals surface area (Å²) in [6.07, 6.45) is 0.773. The van der Waals surface area contributed by atoms with E-state index in [0.717, 1.165) is 6.42 Å². The smallest absolute Gasteiger partial charge is 0.134 e. The highest BCUT2D eigenvalue weighted by atomic mass is 79.9. The molecule has 4 heteroatoms. The number of aromatic hydroxyl groups is 1. The number of phenolic OH excluding ortho intramolecular Hbond substituents is 1. The molecule has 16 heavy (non-hydrogen) atoms. The lowest BCUT2D eigenvalue weighted by Gasteiger charge is -2.16. The van der Waals surface area contributed by atoms with Crippen molar-refractivity contribution in [2.75, 3.05) is 0 Å². The van der Waals surface area contributed by atoms with E-state index in [1.54, 1.807) is 12.1 Å². The fraction of sp³-hybridized carbons (Fsp3) is 0.417. The molecule has 0 saturated carbocycles. The minimum Gasteiger partial charge on any atom is -0.506 e. The first-order valence-corrected chi connectivity index (χ1v) is 5.93. The Morgan fingerprint density at radius 2 is 2.12 bits per heavy atom. The van der Waals surface area contributed by atoms with Gasteiger partial charge >= 0.3 is 0 Å². The van der Waals surface area contributed by atoms with Crippen LogP contribution in [-0.2, 0) is 0 Å². The van der Waals surface area contributed by atoms with Gasteiger partial charge in [-0.1, -0.05) is 13.8 Å². The van der Waals surface area contributed by atoms with Crippen molar-refractivity contribution in [3.8, 4) is 11.8 Å². The van der Waals surface area contributed by atoms with Gasteiger partial charge in [0.25, 0.3) is 0 Å². The van der Waals surface area contributed by atoms with Crippen LogP contribution < -0.4 is 5.73 Å². The average Bonchev–Trinajstić information content (AvgIpc) is 2.20. The van der Waals surface area contributed by atoms with E-state index in [4.69, 9.17) is 11.0 Å². The van der Waals surface area contributed by atoms with Gasteiger partial charge in [0.15, 0.2) is 0 Å². The molecule has 3 nitrogen and oxygen atoms in total. The maximum absolute atomic E-state index is 9.86. The fourth-order valence-electron chi connectivity index (χ4n) is 1.60. The Bertz CT molecular complexity index is 424. The van der Waals surface area contributed by atoms with Crippen molar-refractivity contribution < 1.29 is 5.11 Å². The molecule has 1 atom stereocenters. The molecule has 3 N–H and O–H groups in total. The van der Waals surface area contributed by atoms with Crippen molar-refractivity contribution in [3.63, 3.8) is 0 Å². The zero-order valence-electron chi connectivity index (χ0n) is 9.37. The number of nitrogens with two attached hydrogens (primary N) is 1. The van der Waals surface area contributed by atoms with Gasteiger partial charge in [-0.15, -0.1) is 0 Å². The highest BCUT2D eigenvalue weighted by Gasteiger charge is 2.16. The Labute approximate surface area is 104 Å². The van der Waals surface area contributed by atoms with Crippen LogP contribution in [0.2, 0.25) is 0 Å². The summed E-state index contributed by atoms with van der Waals surface area (Å²) in [6, 6.07) is 5.03. The van der Waals surface area contributed by atoms with E-state index in [9.17, 15) is 5.11 Å². The number of nitriles is 1. The largest absolute Gasteiger partial charge is 0.506 e. The van der Waals surface area contributed by atoms with Gasteiger partial charge in [-0.3, -0.25) is 0 Å². The van der Waals surface area contributed by atoms with E-state index >= 15 is 0 Å². The predicted octanol–water partition coefficient (Wildman–Crippen LogP) is 3.07. The number of nitrogens with zero attached hydrogens (tertiary/aromatic N) is 1. The summed E-state index contributed by atoms with van der Waals surface area (Å²) < 4.78 is 0.515. The second-order valence-corrected chi connectivity index (χ2v) is 5.10. The number of hydrogen-bond donors (Lipinski definition) is 2. The third-order valence-corrected chi connectivity index (χ3v) is 2.95. The lowest BCUT2D eigenvalue weighted by molar-refractivity contribution is 0.442. The molecular formula is C12H15BrN2O. The van der Waals surface area contributed by atoms with Crippen molar-refractivity contribution in [1.29, 1.82) is 5.26 Å². The second kappa shape index (κ2) is 5.33. The van der Waals surface area contributed by atoms with Gasteiger partial charge in [-0.25, -0.2) is 0 Å². The Morgan fingerprint density at radius 1 is 1.50 bits per heavy atom. The number of benzene rings is 1. The summed E-state index contributed by atoms with van der Waals surface area (Å²) >= 11 is 3.22. The maximum atomic E-state index is 9.86. The van der Waals surface area contributed by atoms with Crippen LogP contribution in [0.15, 0.2) is 16.6 Å². The number of halogens is 1. The zero-order valence-corrected chi connectivity index (χ0v) is 11.0. The third-order valence-electron chi connectivity index (χ3n) is 2.35. The molecule has 0 heterocycles. The van der Waals surface area contributed by atoms with Crippen molar-refractivity contribution in [2.45, 2.75) is 26.3 Å². The number of rotatable bonds is 3. The van der Waals surface area contributed by atoms with E-state index in [-0.39, 0.29) is 11.8 Å². The molecule has 0 spiro atoms. The highest BCUT2D eigenvalue weighted by Crippen LogP contribution is 2.34. The van der Waals surface area contributed by atoms with Crippen molar-refractivity contribution in [2.24, 2.45) is 11.7 Å². The molecule has 0 bridgehead atoms. The van der Waals surface area contributed by atoms with Crippen LogP contribution in [0.5, 0.6) is 5.75 Å². The zero-order chi connectivity index (χ0) is 12.3. The summed E-state index contributed by atoms with van der Waals surface area (Å²) in [7, 11) is 0. The molecule has 0 saturated heterocycles. The molecule has 1 rings (SSSR count). The maximum Gasteiger partial charge on any atom is 0.134 e. The molecule has 86 valence electrons. The first-order chi connectivity index (χ1) is 7.45. The van der Waals surface area contributed by atoms with Crippen LogP contribution in [0.4, 0.5) is 0 Å². The van der Waals surface area contributed by atoms with Gasteiger partial charge in [0, 0.05) is 11.6 Å². The molecule has 0 aromatic heterocycles. The van der Waals surface area contributed by atoms with Crippen LogP contribution >= 0.6 is 15.9 Å². The Hall–Kier alpha value is -1.05. The van der Waals surface area contributed by atoms with Gasteiger partial charge in [0.2, 0.25) is 0 Å². The van der Waals surface area contributed by atoms with Crippen LogP contribution in [0.3, 0.4) is 0 Å². The Kier molecular flexibility index (Phi) is 4.34. The standard InChI is InChI=1S/C12H15BrN2O/c1-7(2)3-11(15)9-4-8(6-14)5-10(13)12(9)16/h4-5,7,11,16H,3,15H2,1-2H3/t11-/m1/s1. The Balaban J connectivity index is 3.12. The van der Waals surface area contributed by atoms with E-state index in [0.29, 0.717) is 21.5 Å². The quantitative estimate of drug-likeness (QED) is 0.895. The first-order valence-electron chi connectivity index (χ1n) is 5.13. The van der Waals surface area contributed by atoms with Gasteiger partial charge in [0.05, 0.1) is 16.1 Å². The van der Waals surface area contributed by atoms with Gasteiger partial charge in [-0.05, 0) is 40.4 Å². The fourth-order valence-corrected chi connectivity index (χ4v) is 2.08. The predicted molar refractivity (Wildman–Crippen MR) is 66.9 cm³/mol. The van der Waals surface area contributed by atoms with E-state index in [2.05, 4.69) is 29.8 Å². The lowest BCUT2D eigenvalue weighted by Crippen LogP contribution is -2.13. The molecule has 0 radical (unpaired) electrons. The second-order valence-electron chi connectivity index (χ2n) is 4.24. The van der Waals surface area contributed by atoms with Crippen molar-refractivity contribution in [3.05, 3.63) is 27.7 Å². The minimum atomic E-state index is -0.246. The number of hydrogen-bond acceptors (Lipinski definition) is 3. The summed E-state index contributed by atoms with van der Waals surface area (Å²) in [6.45, 7) is 4.14. The van der Waals surface area contributed by atoms with Crippen molar-refractivity contribution in [1.82, 2.24) is 0 Å². The first kappa shape index (κ1) is 13.0. The normalized spacial score (nSPS) is 12.5. The highest BCUT2D eigenvalue weighted by molar-refractivity contribution is 9.10. The van der Waals surface area contributed by atoms with Crippen molar-refractivity contribution >= 4 is 15.9 Å². The van der Waals surface area contributed by atoms with E-state index in [1.165, 1.54) is 0 Å². The summed E-state index contributed by atoms with van der Waals surface area (Å²) in [5, 5.41) is 18.7. The number of phenols is 1. The lowest BCUT2D eigenvalue weighted by atomic mass is 9.96. The molecule has 0 aliphatic heterocycles. The average molecular weight is 283 g/mol. The molecule has 0 amide bonds. The van der Waals surface area contributed by atoms with Crippen LogP contribution in [0.25, 0.3) is 0 Å². The van der Waals surface area contributed by atoms with Gasteiger partial charge < -0.3 is 10.8 Å². The molecule has 1 aromatic rings. The molecular weight excluding hydrogens is 268 g/mol. The summed E-state index contributed by atoms with van der Waals surface area (Å²) in [5.74, 6) is 0.575.